The first-order chi connectivity index (χ1) is 9.11. The van der Waals surface area contributed by atoms with E-state index in [2.05, 4.69) is 57.3 Å². The molecule has 0 amide bonds. The topological polar surface area (TPSA) is 25.2 Å². The molecule has 2 unspecified atom stereocenters. The lowest BCUT2D eigenvalue weighted by atomic mass is 10.00. The molecule has 0 saturated heterocycles. The molecular weight excluding hydrogens is 234 g/mol. The average Bonchev–Trinajstić information content (AvgIpc) is 2.82. The maximum absolute atomic E-state index is 6.04. The number of aryl methyl sites for hydroxylation is 1. The molecule has 0 fully saturated rings. The van der Waals surface area contributed by atoms with Crippen molar-refractivity contribution in [2.45, 2.75) is 52.5 Å². The highest BCUT2D eigenvalue weighted by atomic mass is 16.3. The molecule has 2 heteroatoms. The maximum atomic E-state index is 6.04. The summed E-state index contributed by atoms with van der Waals surface area (Å²) in [6, 6.07) is 9.04. The van der Waals surface area contributed by atoms with E-state index in [0.29, 0.717) is 12.0 Å². The Labute approximate surface area is 116 Å². The number of benzene rings is 1. The number of hydrogen-bond donors (Lipinski definition) is 1. The van der Waals surface area contributed by atoms with Gasteiger partial charge in [0, 0.05) is 17.3 Å². The van der Waals surface area contributed by atoms with Crippen molar-refractivity contribution in [1.82, 2.24) is 5.32 Å². The van der Waals surface area contributed by atoms with E-state index in [1.165, 1.54) is 17.4 Å². The van der Waals surface area contributed by atoms with E-state index in [1.54, 1.807) is 0 Å². The molecule has 1 aromatic heterocycles. The zero-order valence-electron chi connectivity index (χ0n) is 12.5. The molecule has 0 bridgehead atoms. The van der Waals surface area contributed by atoms with E-state index >= 15 is 0 Å². The van der Waals surface area contributed by atoms with Crippen LogP contribution in [-0.2, 0) is 0 Å². The van der Waals surface area contributed by atoms with Crippen molar-refractivity contribution in [3.63, 3.8) is 0 Å². The van der Waals surface area contributed by atoms with Gasteiger partial charge >= 0.3 is 0 Å². The van der Waals surface area contributed by atoms with E-state index in [4.69, 9.17) is 4.42 Å². The summed E-state index contributed by atoms with van der Waals surface area (Å²) < 4.78 is 6.04. The van der Waals surface area contributed by atoms with Crippen LogP contribution in [0, 0.1) is 6.92 Å². The van der Waals surface area contributed by atoms with Crippen LogP contribution in [0.1, 0.15) is 50.9 Å². The van der Waals surface area contributed by atoms with Crippen LogP contribution in [0.2, 0.25) is 0 Å². The number of fused-ring (bicyclic) bond motifs is 1. The maximum Gasteiger partial charge on any atom is 0.137 e. The summed E-state index contributed by atoms with van der Waals surface area (Å²) in [5.74, 6) is 1.56. The first-order valence-electron chi connectivity index (χ1n) is 7.34. The number of furan rings is 1. The zero-order valence-corrected chi connectivity index (χ0v) is 12.5. The predicted octanol–water partition coefficient (Wildman–Crippen LogP) is 4.62. The van der Waals surface area contributed by atoms with Crippen LogP contribution in [0.4, 0.5) is 0 Å². The second kappa shape index (κ2) is 6.25. The van der Waals surface area contributed by atoms with Crippen LogP contribution in [-0.4, -0.2) is 12.6 Å². The fourth-order valence-corrected chi connectivity index (χ4v) is 2.59. The largest absolute Gasteiger partial charge is 0.461 e. The highest BCUT2D eigenvalue weighted by Gasteiger charge is 2.15. The summed E-state index contributed by atoms with van der Waals surface area (Å²) in [6.45, 7) is 9.89. The van der Waals surface area contributed by atoms with Crippen molar-refractivity contribution < 1.29 is 4.42 Å². The SMILES string of the molecule is CCCNC(C)CC(C)c1cc2cccc(C)c2o1. The number of para-hydroxylation sites is 1. The molecule has 19 heavy (non-hydrogen) atoms. The fourth-order valence-electron chi connectivity index (χ4n) is 2.59. The molecule has 0 saturated carbocycles. The number of nitrogens with one attached hydrogen (secondary N) is 1. The second-order valence-corrected chi connectivity index (χ2v) is 5.63. The molecule has 0 aliphatic rings. The average molecular weight is 259 g/mol. The minimum absolute atomic E-state index is 0.450. The third kappa shape index (κ3) is 3.38. The van der Waals surface area contributed by atoms with Crippen molar-refractivity contribution in [2.75, 3.05) is 6.54 Å². The van der Waals surface area contributed by atoms with E-state index < -0.39 is 0 Å². The standard InChI is InChI=1S/C17H25NO/c1-5-9-18-14(4)10-13(3)16-11-15-8-6-7-12(2)17(15)19-16/h6-8,11,13-14,18H,5,9-10H2,1-4H3. The Morgan fingerprint density at radius 3 is 2.74 bits per heavy atom. The molecule has 0 spiro atoms. The molecule has 1 heterocycles. The van der Waals surface area contributed by atoms with Crippen LogP contribution < -0.4 is 5.32 Å². The Hall–Kier alpha value is -1.28. The molecule has 104 valence electrons. The molecule has 2 atom stereocenters. The monoisotopic (exact) mass is 259 g/mol. The van der Waals surface area contributed by atoms with Crippen molar-refractivity contribution in [1.29, 1.82) is 0 Å². The third-order valence-electron chi connectivity index (χ3n) is 3.70. The van der Waals surface area contributed by atoms with Crippen LogP contribution >= 0.6 is 0 Å². The van der Waals surface area contributed by atoms with Crippen LogP contribution in [0.15, 0.2) is 28.7 Å². The first-order valence-corrected chi connectivity index (χ1v) is 7.34. The summed E-state index contributed by atoms with van der Waals surface area (Å²) in [7, 11) is 0. The van der Waals surface area contributed by atoms with E-state index in [1.807, 2.05) is 0 Å². The van der Waals surface area contributed by atoms with Gasteiger partial charge in [-0.25, -0.2) is 0 Å². The molecule has 2 nitrogen and oxygen atoms in total. The number of hydrogen-bond acceptors (Lipinski definition) is 2. The van der Waals surface area contributed by atoms with E-state index in [9.17, 15) is 0 Å². The van der Waals surface area contributed by atoms with Gasteiger partial charge in [0.05, 0.1) is 0 Å². The van der Waals surface area contributed by atoms with Gasteiger partial charge in [0.1, 0.15) is 11.3 Å². The Balaban J connectivity index is 2.09. The molecular formula is C17H25NO. The summed E-state index contributed by atoms with van der Waals surface area (Å²) in [6.07, 6.45) is 2.29. The van der Waals surface area contributed by atoms with E-state index in [0.717, 1.165) is 24.3 Å². The van der Waals surface area contributed by atoms with Gasteiger partial charge in [-0.1, -0.05) is 32.0 Å². The Morgan fingerprint density at radius 1 is 1.26 bits per heavy atom. The summed E-state index contributed by atoms with van der Waals surface area (Å²) in [4.78, 5) is 0. The van der Waals surface area contributed by atoms with Crippen molar-refractivity contribution >= 4 is 11.0 Å². The lowest BCUT2D eigenvalue weighted by Gasteiger charge is -2.16. The van der Waals surface area contributed by atoms with Gasteiger partial charge in [-0.15, -0.1) is 0 Å². The summed E-state index contributed by atoms with van der Waals surface area (Å²) in [5, 5.41) is 4.75. The predicted molar refractivity (Wildman–Crippen MR) is 81.7 cm³/mol. The van der Waals surface area contributed by atoms with Crippen LogP contribution in [0.25, 0.3) is 11.0 Å². The highest BCUT2D eigenvalue weighted by molar-refractivity contribution is 5.80. The third-order valence-corrected chi connectivity index (χ3v) is 3.70. The normalized spacial score (nSPS) is 14.7. The van der Waals surface area contributed by atoms with Crippen LogP contribution in [0.5, 0.6) is 0 Å². The minimum atomic E-state index is 0.450. The van der Waals surface area contributed by atoms with Crippen molar-refractivity contribution in [3.8, 4) is 0 Å². The van der Waals surface area contributed by atoms with Gasteiger partial charge < -0.3 is 9.73 Å². The second-order valence-electron chi connectivity index (χ2n) is 5.63. The van der Waals surface area contributed by atoms with Gasteiger partial charge in [0.25, 0.3) is 0 Å². The van der Waals surface area contributed by atoms with Gasteiger partial charge in [0.15, 0.2) is 0 Å². The van der Waals surface area contributed by atoms with Gasteiger partial charge in [-0.3, -0.25) is 0 Å². The molecule has 2 rings (SSSR count). The highest BCUT2D eigenvalue weighted by Crippen LogP contribution is 2.29. The lowest BCUT2D eigenvalue weighted by Crippen LogP contribution is -2.27. The summed E-state index contributed by atoms with van der Waals surface area (Å²) in [5.41, 5.74) is 2.26. The number of rotatable bonds is 6. The molecule has 2 aromatic rings. The zero-order chi connectivity index (χ0) is 13.8. The Bertz CT molecular complexity index is 529. The molecule has 0 aliphatic heterocycles. The minimum Gasteiger partial charge on any atom is -0.461 e. The lowest BCUT2D eigenvalue weighted by molar-refractivity contribution is 0.429. The van der Waals surface area contributed by atoms with Gasteiger partial charge in [-0.2, -0.15) is 0 Å². The fraction of sp³-hybridized carbons (Fsp3) is 0.529. The smallest absolute Gasteiger partial charge is 0.137 e. The van der Waals surface area contributed by atoms with Gasteiger partial charge in [0.2, 0.25) is 0 Å². The molecule has 1 aromatic carbocycles. The summed E-state index contributed by atoms with van der Waals surface area (Å²) >= 11 is 0. The molecule has 0 radical (unpaired) electrons. The molecule has 1 N–H and O–H groups in total. The van der Waals surface area contributed by atoms with Crippen molar-refractivity contribution in [2.24, 2.45) is 0 Å². The molecule has 0 aliphatic carbocycles. The Kier molecular flexibility index (Phi) is 4.65. The first kappa shape index (κ1) is 14.1. The quantitative estimate of drug-likeness (QED) is 0.818. The Morgan fingerprint density at radius 2 is 2.05 bits per heavy atom. The van der Waals surface area contributed by atoms with Gasteiger partial charge in [-0.05, 0) is 44.9 Å². The van der Waals surface area contributed by atoms with Crippen molar-refractivity contribution in [3.05, 3.63) is 35.6 Å². The van der Waals surface area contributed by atoms with Crippen LogP contribution in [0.3, 0.4) is 0 Å². The van der Waals surface area contributed by atoms with E-state index in [-0.39, 0.29) is 0 Å².